The highest BCUT2D eigenvalue weighted by Gasteiger charge is 1.94. The van der Waals surface area contributed by atoms with Crippen molar-refractivity contribution in [2.24, 2.45) is 0 Å². The van der Waals surface area contributed by atoms with Crippen LogP contribution < -0.4 is 0 Å². The molecule has 0 radical (unpaired) electrons. The molecule has 0 rings (SSSR count). The molecule has 5 nitrogen and oxygen atoms in total. The Labute approximate surface area is 174 Å². The lowest BCUT2D eigenvalue weighted by Crippen LogP contribution is -2.02. The van der Waals surface area contributed by atoms with Gasteiger partial charge in [0.2, 0.25) is 0 Å². The van der Waals surface area contributed by atoms with Crippen molar-refractivity contribution in [1.29, 1.82) is 0 Å². The second-order valence-corrected chi connectivity index (χ2v) is 7.82. The van der Waals surface area contributed by atoms with Gasteiger partial charge in [-0.1, -0.05) is 13.8 Å². The predicted octanol–water partition coefficient (Wildman–Crippen LogP) is 5.02. The zero-order valence-electron chi connectivity index (χ0n) is 17.7. The molecule has 0 aliphatic heterocycles. The molecule has 0 bridgehead atoms. The molecule has 0 amide bonds. The van der Waals surface area contributed by atoms with Crippen molar-refractivity contribution in [3.05, 3.63) is 0 Å². The molecule has 0 heterocycles. The Hall–Kier alpha value is 0.520. The first kappa shape index (κ1) is 29.7. The Balaban J connectivity index is 0. The first-order chi connectivity index (χ1) is 13.4. The Kier molecular flexibility index (Phi) is 34.4. The summed E-state index contributed by atoms with van der Waals surface area (Å²) in [6, 6.07) is 0. The fourth-order valence-corrected chi connectivity index (χ4v) is 3.28. The van der Waals surface area contributed by atoms with Crippen LogP contribution in [0.25, 0.3) is 0 Å². The molecule has 27 heavy (non-hydrogen) atoms. The highest BCUT2D eigenvalue weighted by Crippen LogP contribution is 2.12. The largest absolute Gasteiger partial charge is 0.381 e. The summed E-state index contributed by atoms with van der Waals surface area (Å²) in [5, 5.41) is 0. The molecule has 166 valence electrons. The van der Waals surface area contributed by atoms with E-state index in [1.54, 1.807) is 0 Å². The van der Waals surface area contributed by atoms with E-state index in [4.69, 9.17) is 23.6 Å². The van der Waals surface area contributed by atoms with E-state index in [-0.39, 0.29) is 0 Å². The molecular weight excluding hydrogens is 387 g/mol. The summed E-state index contributed by atoms with van der Waals surface area (Å²) in [6.07, 6.45) is 11.7. The summed E-state index contributed by atoms with van der Waals surface area (Å²) in [7, 11) is 1.06. The molecule has 0 aromatic heterocycles. The minimum atomic E-state index is 0.882. The van der Waals surface area contributed by atoms with Crippen LogP contribution in [0.4, 0.5) is 0 Å². The zero-order valence-corrected chi connectivity index (χ0v) is 19.4. The molecule has 0 aromatic rings. The lowest BCUT2D eigenvalue weighted by molar-refractivity contribution is 0.103. The molecule has 1 N–H and O–H groups in total. The highest BCUT2D eigenvalue weighted by molar-refractivity contribution is 7.37. The number of halogens is 1. The minimum Gasteiger partial charge on any atom is -0.381 e. The zero-order chi connectivity index (χ0) is 20.3. The molecular formula is C20H44ClO5P. The van der Waals surface area contributed by atoms with Gasteiger partial charge in [0.25, 0.3) is 0 Å². The molecule has 0 aliphatic carbocycles. The van der Waals surface area contributed by atoms with Crippen LogP contribution in [-0.2, 0) is 18.9 Å². The van der Waals surface area contributed by atoms with E-state index in [0.29, 0.717) is 0 Å². The highest BCUT2D eigenvalue weighted by atomic mass is 35.5. The van der Waals surface area contributed by atoms with Crippen molar-refractivity contribution >= 4 is 20.4 Å². The summed E-state index contributed by atoms with van der Waals surface area (Å²) >= 11 is 3.64. The summed E-state index contributed by atoms with van der Waals surface area (Å²) in [5.41, 5.74) is 0. The number of hydrogen-bond acceptors (Lipinski definition) is 5. The van der Waals surface area contributed by atoms with E-state index in [1.807, 2.05) is 0 Å². The number of unbranched alkanes of at least 4 members (excludes halogenated alkanes) is 2. The summed E-state index contributed by atoms with van der Waals surface area (Å²) < 4.78 is 28.7. The SMILES string of the molecule is CCCOCCCCOCCCPCCCOCCCCOCCC.OCl. The fraction of sp³-hybridized carbons (Fsp3) is 1.00. The van der Waals surface area contributed by atoms with Crippen molar-refractivity contribution in [2.45, 2.75) is 65.2 Å². The van der Waals surface area contributed by atoms with Gasteiger partial charge in [0.05, 0.1) is 11.9 Å². The molecule has 0 aromatic carbocycles. The van der Waals surface area contributed by atoms with Crippen LogP contribution in [0.3, 0.4) is 0 Å². The van der Waals surface area contributed by atoms with Crippen molar-refractivity contribution in [2.75, 3.05) is 65.2 Å². The molecule has 0 aliphatic rings. The molecule has 0 unspecified atom stereocenters. The van der Waals surface area contributed by atoms with Crippen LogP contribution in [0, 0.1) is 0 Å². The van der Waals surface area contributed by atoms with Crippen LogP contribution in [-0.4, -0.2) is 69.8 Å². The minimum absolute atomic E-state index is 0.882. The lowest BCUT2D eigenvalue weighted by Gasteiger charge is -2.06. The second kappa shape index (κ2) is 31.2. The average Bonchev–Trinajstić information content (AvgIpc) is 2.70. The predicted molar refractivity (Wildman–Crippen MR) is 118 cm³/mol. The Morgan fingerprint density at radius 3 is 1.15 bits per heavy atom. The van der Waals surface area contributed by atoms with Gasteiger partial charge in [0.1, 0.15) is 0 Å². The maximum Gasteiger partial charge on any atom is 0.0579 e. The number of hydrogen-bond donors (Lipinski definition) is 1. The summed E-state index contributed by atoms with van der Waals surface area (Å²) in [5.74, 6) is 0. The maximum absolute atomic E-state index is 6.47. The van der Waals surface area contributed by atoms with Crippen molar-refractivity contribution < 1.29 is 23.6 Å². The fourth-order valence-electron chi connectivity index (χ4n) is 2.24. The molecule has 0 saturated carbocycles. The van der Waals surface area contributed by atoms with Crippen LogP contribution >= 0.6 is 20.4 Å². The Bertz CT molecular complexity index is 216. The van der Waals surface area contributed by atoms with Gasteiger partial charge in [-0.3, -0.25) is 4.66 Å². The smallest absolute Gasteiger partial charge is 0.0579 e. The maximum atomic E-state index is 6.47. The van der Waals surface area contributed by atoms with E-state index < -0.39 is 0 Å². The van der Waals surface area contributed by atoms with Gasteiger partial charge in [0, 0.05) is 52.9 Å². The van der Waals surface area contributed by atoms with E-state index >= 15 is 0 Å². The van der Waals surface area contributed by atoms with E-state index in [2.05, 4.69) is 25.7 Å². The van der Waals surface area contributed by atoms with Crippen LogP contribution in [0.2, 0.25) is 0 Å². The van der Waals surface area contributed by atoms with Crippen LogP contribution in [0.1, 0.15) is 65.2 Å². The quantitative estimate of drug-likeness (QED) is 0.193. The van der Waals surface area contributed by atoms with Crippen LogP contribution in [0.5, 0.6) is 0 Å². The van der Waals surface area contributed by atoms with Gasteiger partial charge in [-0.2, -0.15) is 0 Å². The topological polar surface area (TPSA) is 57.2 Å². The molecule has 0 saturated heterocycles. The Morgan fingerprint density at radius 1 is 0.519 bits per heavy atom. The molecule has 0 spiro atoms. The molecule has 0 atom stereocenters. The lowest BCUT2D eigenvalue weighted by atomic mass is 10.3. The van der Waals surface area contributed by atoms with Gasteiger partial charge in [0.15, 0.2) is 0 Å². The van der Waals surface area contributed by atoms with E-state index in [1.165, 1.54) is 25.2 Å². The van der Waals surface area contributed by atoms with Gasteiger partial charge in [-0.25, -0.2) is 0 Å². The first-order valence-corrected chi connectivity index (χ1v) is 12.4. The third-order valence-corrected chi connectivity index (χ3v) is 5.05. The number of rotatable bonds is 22. The normalized spacial score (nSPS) is 10.7. The van der Waals surface area contributed by atoms with Crippen molar-refractivity contribution in [1.82, 2.24) is 0 Å². The van der Waals surface area contributed by atoms with Gasteiger partial charge < -0.3 is 18.9 Å². The van der Waals surface area contributed by atoms with E-state index in [0.717, 1.165) is 100.0 Å². The molecule has 7 heteroatoms. The van der Waals surface area contributed by atoms with Gasteiger partial charge in [-0.15, -0.1) is 8.58 Å². The second-order valence-electron chi connectivity index (χ2n) is 6.32. The molecule has 0 fully saturated rings. The van der Waals surface area contributed by atoms with E-state index in [9.17, 15) is 0 Å². The third-order valence-electron chi connectivity index (χ3n) is 3.64. The van der Waals surface area contributed by atoms with Crippen molar-refractivity contribution in [3.8, 4) is 0 Å². The van der Waals surface area contributed by atoms with Gasteiger partial charge in [-0.05, 0) is 63.7 Å². The third kappa shape index (κ3) is 31.4. The van der Waals surface area contributed by atoms with Gasteiger partial charge >= 0.3 is 0 Å². The monoisotopic (exact) mass is 430 g/mol. The summed E-state index contributed by atoms with van der Waals surface area (Å²) in [6.45, 7) is 11.4. The van der Waals surface area contributed by atoms with Crippen LogP contribution in [0.15, 0.2) is 0 Å². The van der Waals surface area contributed by atoms with Crippen molar-refractivity contribution in [3.63, 3.8) is 0 Å². The standard InChI is InChI=1S/C20H43O4P.ClHO/c1-3-11-21-13-5-7-15-23-17-9-19-25-20-10-18-24-16-8-6-14-22-12-4-2;1-2/h25H,3-20H2,1-2H3;2H. The average molecular weight is 431 g/mol. The number of ether oxygens (including phenoxy) is 4. The first-order valence-electron chi connectivity index (χ1n) is 10.6. The summed E-state index contributed by atoms with van der Waals surface area (Å²) in [4.78, 5) is 0. The Morgan fingerprint density at radius 2 is 0.815 bits per heavy atom.